The number of rotatable bonds is 2. The average Bonchev–Trinajstić information content (AvgIpc) is 2.58. The monoisotopic (exact) mass is 413 g/mol. The quantitative estimate of drug-likeness (QED) is 0.757. The molecule has 0 saturated heterocycles. The summed E-state index contributed by atoms with van der Waals surface area (Å²) in [7, 11) is -2.54. The Morgan fingerprint density at radius 3 is 2.28 bits per heavy atom. The van der Waals surface area contributed by atoms with Crippen LogP contribution in [0.15, 0.2) is 47.1 Å². The van der Waals surface area contributed by atoms with E-state index in [1.54, 1.807) is 51.1 Å². The van der Waals surface area contributed by atoms with Crippen molar-refractivity contribution in [1.82, 2.24) is 4.98 Å². The molecule has 1 heterocycles. The van der Waals surface area contributed by atoms with E-state index in [1.165, 1.54) is 24.9 Å². The maximum Gasteiger partial charge on any atom is 0.412 e. The Balaban J connectivity index is 2.11. The Morgan fingerprint density at radius 2 is 1.69 bits per heavy atom. The first-order valence-corrected chi connectivity index (χ1v) is 11.0. The first kappa shape index (κ1) is 22.1. The van der Waals surface area contributed by atoms with E-state index in [0.29, 0.717) is 16.8 Å². The summed E-state index contributed by atoms with van der Waals surface area (Å²) in [5.74, 6) is 5.29. The Morgan fingerprint density at radius 1 is 1.07 bits per heavy atom. The summed E-state index contributed by atoms with van der Waals surface area (Å²) in [6.07, 6.45) is 5.14. The van der Waals surface area contributed by atoms with Gasteiger partial charge < -0.3 is 4.74 Å². The zero-order valence-electron chi connectivity index (χ0n) is 17.0. The van der Waals surface area contributed by atoms with Gasteiger partial charge in [0.05, 0.1) is 5.56 Å². The van der Waals surface area contributed by atoms with Crippen LogP contribution in [0.1, 0.15) is 42.3 Å². The Labute approximate surface area is 171 Å². The lowest BCUT2D eigenvalue weighted by atomic mass is 10.1. The summed E-state index contributed by atoms with van der Waals surface area (Å²) in [5, 5.41) is 2.65. The van der Waals surface area contributed by atoms with Gasteiger partial charge >= 0.3 is 6.09 Å². The van der Waals surface area contributed by atoms with Crippen LogP contribution in [-0.2, 0) is 14.5 Å². The van der Waals surface area contributed by atoms with Crippen LogP contribution < -0.4 is 5.32 Å². The van der Waals surface area contributed by atoms with Gasteiger partial charge in [-0.3, -0.25) is 15.1 Å². The Kier molecular flexibility index (Phi) is 6.77. The minimum absolute atomic E-state index is 0.227. The fourth-order valence-corrected chi connectivity index (χ4v) is 2.59. The minimum atomic E-state index is -2.54. The van der Waals surface area contributed by atoms with Gasteiger partial charge in [-0.05, 0) is 51.1 Å². The smallest absolute Gasteiger partial charge is 0.412 e. The number of hydrogen-bond acceptors (Lipinski definition) is 5. The molecule has 0 fully saturated rings. The van der Waals surface area contributed by atoms with E-state index < -0.39 is 27.3 Å². The molecule has 2 aromatic rings. The largest absolute Gasteiger partial charge is 0.444 e. The molecule has 1 aromatic heterocycles. The fraction of sp³-hybridized carbons (Fsp3) is 0.286. The zero-order chi connectivity index (χ0) is 21.7. The first-order valence-electron chi connectivity index (χ1n) is 8.70. The van der Waals surface area contributed by atoms with Gasteiger partial charge in [0, 0.05) is 51.4 Å². The lowest BCUT2D eigenvalue weighted by Crippen LogP contribution is -2.27. The third-order valence-electron chi connectivity index (χ3n) is 3.17. The van der Waals surface area contributed by atoms with E-state index in [0.717, 1.165) is 0 Å². The molecule has 0 aliphatic heterocycles. The van der Waals surface area contributed by atoms with Crippen molar-refractivity contribution in [3.05, 3.63) is 59.4 Å². The van der Waals surface area contributed by atoms with Gasteiger partial charge in [0.15, 0.2) is 0 Å². The van der Waals surface area contributed by atoms with E-state index >= 15 is 0 Å². The van der Waals surface area contributed by atoms with Gasteiger partial charge in [-0.15, -0.1) is 0 Å². The van der Waals surface area contributed by atoms with Crippen LogP contribution in [0.2, 0.25) is 0 Å². The first-order chi connectivity index (χ1) is 13.4. The summed E-state index contributed by atoms with van der Waals surface area (Å²) in [4.78, 5) is 27.8. The van der Waals surface area contributed by atoms with Crippen molar-refractivity contribution in [1.29, 1.82) is 0 Å². The van der Waals surface area contributed by atoms with Crippen LogP contribution in [-0.4, -0.2) is 39.3 Å². The highest BCUT2D eigenvalue weighted by molar-refractivity contribution is 7.92. The second-order valence-corrected chi connectivity index (χ2v) is 10.0. The summed E-state index contributed by atoms with van der Waals surface area (Å²) in [5.41, 5.74) is 1.48. The van der Waals surface area contributed by atoms with Gasteiger partial charge in [0.1, 0.15) is 5.60 Å². The van der Waals surface area contributed by atoms with Crippen molar-refractivity contribution in [2.24, 2.45) is 4.36 Å². The molecule has 0 bridgehead atoms. The van der Waals surface area contributed by atoms with Gasteiger partial charge in [0.2, 0.25) is 0 Å². The van der Waals surface area contributed by atoms with E-state index in [-0.39, 0.29) is 5.56 Å². The van der Waals surface area contributed by atoms with Crippen molar-refractivity contribution in [2.45, 2.75) is 26.4 Å². The van der Waals surface area contributed by atoms with Gasteiger partial charge in [-0.1, -0.05) is 11.8 Å². The Bertz CT molecular complexity index is 1090. The molecule has 0 aliphatic rings. The molecule has 1 aromatic carbocycles. The van der Waals surface area contributed by atoms with Gasteiger partial charge in [-0.2, -0.15) is 4.36 Å². The average molecular weight is 413 g/mol. The van der Waals surface area contributed by atoms with Crippen LogP contribution in [0.25, 0.3) is 0 Å². The van der Waals surface area contributed by atoms with Crippen LogP contribution in [0.4, 0.5) is 10.5 Å². The molecule has 29 heavy (non-hydrogen) atoms. The third kappa shape index (κ3) is 8.15. The summed E-state index contributed by atoms with van der Waals surface area (Å²) < 4.78 is 20.5. The molecule has 2 amide bonds. The van der Waals surface area contributed by atoms with Crippen molar-refractivity contribution in [3.8, 4) is 11.8 Å². The molecule has 1 N–H and O–H groups in total. The maximum absolute atomic E-state index is 12.0. The van der Waals surface area contributed by atoms with Crippen LogP contribution in [0.3, 0.4) is 0 Å². The Hall–Kier alpha value is -3.18. The lowest BCUT2D eigenvalue weighted by molar-refractivity contribution is 0.0635. The van der Waals surface area contributed by atoms with E-state index in [2.05, 4.69) is 26.5 Å². The standard InChI is InChI=1S/C21H23N3O4S/c1-21(2,3)28-20(26)23-18-10-8-15(9-11-18)6-7-16-12-17(14-22-13-16)19(25)24-29(4,5)27/h8-14H,1-5H3,(H,23,26). The highest BCUT2D eigenvalue weighted by Gasteiger charge is 2.16. The molecule has 2 rings (SSSR count). The number of carbonyl (C=O) groups excluding carboxylic acids is 2. The predicted molar refractivity (Wildman–Crippen MR) is 113 cm³/mol. The number of pyridine rings is 1. The number of nitrogens with one attached hydrogen (secondary N) is 1. The van der Waals surface area contributed by atoms with Crippen molar-refractivity contribution >= 4 is 27.4 Å². The molecule has 0 radical (unpaired) electrons. The molecule has 0 saturated carbocycles. The molecule has 8 heteroatoms. The van der Waals surface area contributed by atoms with Crippen molar-refractivity contribution < 1.29 is 18.5 Å². The van der Waals surface area contributed by atoms with E-state index in [4.69, 9.17) is 4.74 Å². The summed E-state index contributed by atoms with van der Waals surface area (Å²) in [6.45, 7) is 5.37. The molecule has 0 unspecified atom stereocenters. The fourth-order valence-electron chi connectivity index (χ4n) is 2.08. The number of aromatic nitrogens is 1. The SMILES string of the molecule is CC(C)(C)OC(=O)Nc1ccc(C#Cc2cncc(C(=O)N=S(C)(C)=O)c2)cc1. The highest BCUT2D eigenvalue weighted by Crippen LogP contribution is 2.13. The number of anilines is 1. The molecular formula is C21H23N3O4S. The molecule has 0 spiro atoms. The lowest BCUT2D eigenvalue weighted by Gasteiger charge is -2.19. The maximum atomic E-state index is 12.0. The number of amides is 2. The molecular weight excluding hydrogens is 390 g/mol. The number of benzene rings is 1. The van der Waals surface area contributed by atoms with Gasteiger partial charge in [-0.25, -0.2) is 9.00 Å². The zero-order valence-corrected chi connectivity index (χ0v) is 17.8. The van der Waals surface area contributed by atoms with E-state index in [9.17, 15) is 13.8 Å². The number of hydrogen-bond donors (Lipinski definition) is 1. The molecule has 0 aliphatic carbocycles. The van der Waals surface area contributed by atoms with Crippen LogP contribution >= 0.6 is 0 Å². The van der Waals surface area contributed by atoms with Crippen LogP contribution in [0, 0.1) is 11.8 Å². The number of ether oxygens (including phenoxy) is 1. The summed E-state index contributed by atoms with van der Waals surface area (Å²) >= 11 is 0. The van der Waals surface area contributed by atoms with E-state index in [1.807, 2.05) is 0 Å². The van der Waals surface area contributed by atoms with Crippen molar-refractivity contribution in [3.63, 3.8) is 0 Å². The van der Waals surface area contributed by atoms with Gasteiger partial charge in [0.25, 0.3) is 5.91 Å². The number of carbonyl (C=O) groups is 2. The van der Waals surface area contributed by atoms with Crippen molar-refractivity contribution in [2.75, 3.05) is 17.8 Å². The predicted octanol–water partition coefficient (Wildman–Crippen LogP) is 3.70. The molecule has 7 nitrogen and oxygen atoms in total. The number of nitrogens with zero attached hydrogens (tertiary/aromatic N) is 2. The third-order valence-corrected chi connectivity index (χ3v) is 3.77. The second-order valence-electron chi connectivity index (χ2n) is 7.49. The second kappa shape index (κ2) is 8.88. The summed E-state index contributed by atoms with van der Waals surface area (Å²) in [6, 6.07) is 8.48. The molecule has 0 atom stereocenters. The minimum Gasteiger partial charge on any atom is -0.444 e. The molecule has 152 valence electrons. The highest BCUT2D eigenvalue weighted by atomic mass is 32.2. The van der Waals surface area contributed by atoms with Crippen LogP contribution in [0.5, 0.6) is 0 Å². The topological polar surface area (TPSA) is 97.7 Å². The normalized spacial score (nSPS) is 11.1.